The molecule has 4 nitrogen and oxygen atoms in total. The molecule has 1 aromatic heterocycles. The van der Waals surface area contributed by atoms with Gasteiger partial charge >= 0.3 is 0 Å². The highest BCUT2D eigenvalue weighted by molar-refractivity contribution is 5.86. The van der Waals surface area contributed by atoms with Crippen LogP contribution in [-0.4, -0.2) is 23.4 Å². The lowest BCUT2D eigenvalue weighted by atomic mass is 9.97. The number of aryl methyl sites for hydroxylation is 1. The summed E-state index contributed by atoms with van der Waals surface area (Å²) in [6.07, 6.45) is 3.70. The Morgan fingerprint density at radius 2 is 2.12 bits per heavy atom. The van der Waals surface area contributed by atoms with Crippen molar-refractivity contribution in [2.45, 2.75) is 44.7 Å². The predicted molar refractivity (Wildman–Crippen MR) is 65.3 cm³/mol. The average molecular weight is 236 g/mol. The average Bonchev–Trinajstić information content (AvgIpc) is 2.88. The molecular weight excluding hydrogens is 216 g/mol. The fourth-order valence-corrected chi connectivity index (χ4v) is 2.48. The summed E-state index contributed by atoms with van der Waals surface area (Å²) in [6, 6.07) is 3.80. The first-order valence-electron chi connectivity index (χ1n) is 6.11. The van der Waals surface area contributed by atoms with Gasteiger partial charge < -0.3 is 15.1 Å². The second-order valence-electron chi connectivity index (χ2n) is 5.04. The molecule has 0 atom stereocenters. The molecule has 1 aromatic rings. The molecule has 2 rings (SSSR count). The van der Waals surface area contributed by atoms with Gasteiger partial charge in [-0.1, -0.05) is 12.8 Å². The van der Waals surface area contributed by atoms with Crippen molar-refractivity contribution in [3.05, 3.63) is 23.7 Å². The summed E-state index contributed by atoms with van der Waals surface area (Å²) in [5, 5.41) is 0. The second-order valence-corrected chi connectivity index (χ2v) is 5.04. The smallest absolute Gasteiger partial charge is 0.242 e. The van der Waals surface area contributed by atoms with Gasteiger partial charge in [-0.05, 0) is 31.9 Å². The molecule has 17 heavy (non-hydrogen) atoms. The Hall–Kier alpha value is -1.29. The van der Waals surface area contributed by atoms with Gasteiger partial charge in [0.1, 0.15) is 11.5 Å². The zero-order chi connectivity index (χ0) is 12.5. The van der Waals surface area contributed by atoms with Crippen molar-refractivity contribution in [1.82, 2.24) is 4.90 Å². The van der Waals surface area contributed by atoms with Crippen molar-refractivity contribution in [2.24, 2.45) is 5.73 Å². The number of carbonyl (C=O) groups excluding carboxylic acids is 1. The Morgan fingerprint density at radius 3 is 2.65 bits per heavy atom. The summed E-state index contributed by atoms with van der Waals surface area (Å²) in [7, 11) is 1.78. The lowest BCUT2D eigenvalue weighted by Crippen LogP contribution is -2.52. The Bertz CT molecular complexity index is 405. The van der Waals surface area contributed by atoms with Crippen molar-refractivity contribution in [3.8, 4) is 0 Å². The number of hydrogen-bond donors (Lipinski definition) is 1. The van der Waals surface area contributed by atoms with Crippen LogP contribution in [-0.2, 0) is 11.3 Å². The van der Waals surface area contributed by atoms with E-state index in [4.69, 9.17) is 10.2 Å². The molecule has 2 N–H and O–H groups in total. The van der Waals surface area contributed by atoms with Crippen molar-refractivity contribution in [2.75, 3.05) is 7.05 Å². The zero-order valence-electron chi connectivity index (χ0n) is 10.5. The van der Waals surface area contributed by atoms with Crippen LogP contribution in [0.3, 0.4) is 0 Å². The maximum Gasteiger partial charge on any atom is 0.242 e. The maximum atomic E-state index is 12.2. The largest absolute Gasteiger partial charge is 0.464 e. The molecule has 94 valence electrons. The summed E-state index contributed by atoms with van der Waals surface area (Å²) in [4.78, 5) is 13.9. The number of likely N-dealkylation sites (N-methyl/N-ethyl adjacent to an activating group) is 1. The molecule has 1 heterocycles. The lowest BCUT2D eigenvalue weighted by molar-refractivity contribution is -0.136. The van der Waals surface area contributed by atoms with Gasteiger partial charge in [0.05, 0.1) is 12.1 Å². The number of furan rings is 1. The first-order chi connectivity index (χ1) is 8.01. The molecule has 1 aliphatic carbocycles. The topological polar surface area (TPSA) is 59.5 Å². The van der Waals surface area contributed by atoms with Crippen LogP contribution in [0.15, 0.2) is 16.5 Å². The monoisotopic (exact) mass is 236 g/mol. The number of amides is 1. The second kappa shape index (κ2) is 4.53. The van der Waals surface area contributed by atoms with E-state index in [9.17, 15) is 4.79 Å². The van der Waals surface area contributed by atoms with E-state index in [0.29, 0.717) is 6.54 Å². The van der Waals surface area contributed by atoms with E-state index in [1.807, 2.05) is 19.1 Å². The van der Waals surface area contributed by atoms with E-state index >= 15 is 0 Å². The van der Waals surface area contributed by atoms with E-state index in [1.165, 1.54) is 0 Å². The first-order valence-corrected chi connectivity index (χ1v) is 6.11. The van der Waals surface area contributed by atoms with E-state index in [2.05, 4.69) is 0 Å². The Labute approximate surface area is 102 Å². The highest BCUT2D eigenvalue weighted by Crippen LogP contribution is 2.29. The van der Waals surface area contributed by atoms with Gasteiger partial charge in [-0.3, -0.25) is 4.79 Å². The molecule has 0 aliphatic heterocycles. The van der Waals surface area contributed by atoms with Gasteiger partial charge in [0.15, 0.2) is 0 Å². The van der Waals surface area contributed by atoms with Crippen LogP contribution < -0.4 is 5.73 Å². The molecule has 1 fully saturated rings. The summed E-state index contributed by atoms with van der Waals surface area (Å²) in [5.74, 6) is 1.70. The predicted octanol–water partition coefficient (Wildman–Crippen LogP) is 1.82. The molecule has 0 radical (unpaired) electrons. The number of nitrogens with zero attached hydrogens (tertiary/aromatic N) is 1. The summed E-state index contributed by atoms with van der Waals surface area (Å²) < 4.78 is 5.47. The minimum absolute atomic E-state index is 0.0315. The third-order valence-electron chi connectivity index (χ3n) is 3.46. The zero-order valence-corrected chi connectivity index (χ0v) is 10.5. The SMILES string of the molecule is Cc1ccc(CN(C)C(=O)C2(N)CCCC2)o1. The normalized spacial score (nSPS) is 18.3. The van der Waals surface area contributed by atoms with Crippen molar-refractivity contribution in [3.63, 3.8) is 0 Å². The maximum absolute atomic E-state index is 12.2. The quantitative estimate of drug-likeness (QED) is 0.870. The van der Waals surface area contributed by atoms with Crippen LogP contribution in [0.1, 0.15) is 37.2 Å². The summed E-state index contributed by atoms with van der Waals surface area (Å²) in [5.41, 5.74) is 5.50. The highest BCUT2D eigenvalue weighted by atomic mass is 16.3. The van der Waals surface area contributed by atoms with Crippen LogP contribution in [0.2, 0.25) is 0 Å². The lowest BCUT2D eigenvalue weighted by Gasteiger charge is -2.28. The molecule has 0 aromatic carbocycles. The van der Waals surface area contributed by atoms with Crippen LogP contribution in [0, 0.1) is 6.92 Å². The number of nitrogens with two attached hydrogens (primary N) is 1. The molecule has 0 spiro atoms. The summed E-state index contributed by atoms with van der Waals surface area (Å²) in [6.45, 7) is 2.39. The van der Waals surface area contributed by atoms with Crippen molar-refractivity contribution in [1.29, 1.82) is 0 Å². The van der Waals surface area contributed by atoms with Gasteiger partial charge in [0.2, 0.25) is 5.91 Å². The number of hydrogen-bond acceptors (Lipinski definition) is 3. The van der Waals surface area contributed by atoms with Crippen LogP contribution in [0.4, 0.5) is 0 Å². The van der Waals surface area contributed by atoms with Gasteiger partial charge in [-0.15, -0.1) is 0 Å². The molecule has 1 saturated carbocycles. The van der Waals surface area contributed by atoms with E-state index in [1.54, 1.807) is 11.9 Å². The first kappa shape index (κ1) is 12.2. The van der Waals surface area contributed by atoms with Crippen LogP contribution in [0.5, 0.6) is 0 Å². The molecule has 4 heteroatoms. The van der Waals surface area contributed by atoms with Gasteiger partial charge in [0.25, 0.3) is 0 Å². The molecule has 1 aliphatic rings. The highest BCUT2D eigenvalue weighted by Gasteiger charge is 2.38. The van der Waals surface area contributed by atoms with Gasteiger partial charge in [-0.25, -0.2) is 0 Å². The molecule has 1 amide bonds. The fourth-order valence-electron chi connectivity index (χ4n) is 2.48. The molecule has 0 bridgehead atoms. The molecule has 0 unspecified atom stereocenters. The van der Waals surface area contributed by atoms with E-state index in [-0.39, 0.29) is 5.91 Å². The fraction of sp³-hybridized carbons (Fsp3) is 0.615. The summed E-state index contributed by atoms with van der Waals surface area (Å²) >= 11 is 0. The molecular formula is C13H20N2O2. The van der Waals surface area contributed by atoms with Gasteiger partial charge in [0, 0.05) is 7.05 Å². The standard InChI is InChI=1S/C13H20N2O2/c1-10-5-6-11(17-10)9-15(2)12(16)13(14)7-3-4-8-13/h5-6H,3-4,7-9,14H2,1-2H3. The van der Waals surface area contributed by atoms with Crippen LogP contribution in [0.25, 0.3) is 0 Å². The number of rotatable bonds is 3. The minimum Gasteiger partial charge on any atom is -0.464 e. The Balaban J connectivity index is 2.00. The van der Waals surface area contributed by atoms with Gasteiger partial charge in [-0.2, -0.15) is 0 Å². The third kappa shape index (κ3) is 2.52. The van der Waals surface area contributed by atoms with E-state index < -0.39 is 5.54 Å². The van der Waals surface area contributed by atoms with E-state index in [0.717, 1.165) is 37.2 Å². The van der Waals surface area contributed by atoms with Crippen LogP contribution >= 0.6 is 0 Å². The molecule has 0 saturated heterocycles. The Kier molecular flexibility index (Phi) is 3.24. The third-order valence-corrected chi connectivity index (χ3v) is 3.46. The van der Waals surface area contributed by atoms with Crippen molar-refractivity contribution < 1.29 is 9.21 Å². The Morgan fingerprint density at radius 1 is 1.47 bits per heavy atom. The van der Waals surface area contributed by atoms with Crippen molar-refractivity contribution >= 4 is 5.91 Å². The number of carbonyl (C=O) groups is 1. The minimum atomic E-state index is -0.642.